The third-order valence-electron chi connectivity index (χ3n) is 7.67. The minimum absolute atomic E-state index is 0.0819. The Balaban J connectivity index is 1.33. The van der Waals surface area contributed by atoms with Crippen molar-refractivity contribution in [1.29, 1.82) is 0 Å². The zero-order valence-electron chi connectivity index (χ0n) is 16.1. The summed E-state index contributed by atoms with van der Waals surface area (Å²) in [7, 11) is 0. The van der Waals surface area contributed by atoms with Crippen molar-refractivity contribution < 1.29 is 14.7 Å². The van der Waals surface area contributed by atoms with Crippen LogP contribution in [-0.2, 0) is 9.59 Å². The summed E-state index contributed by atoms with van der Waals surface area (Å²) in [4.78, 5) is 26.2. The zero-order valence-corrected chi connectivity index (χ0v) is 16.1. The van der Waals surface area contributed by atoms with Gasteiger partial charge in [-0.2, -0.15) is 0 Å². The maximum atomic E-state index is 13.1. The molecular weight excluding hydrogens is 328 g/mol. The molecule has 1 saturated heterocycles. The topological polar surface area (TPSA) is 69.6 Å². The monoisotopic (exact) mass is 362 g/mol. The highest BCUT2D eigenvalue weighted by Crippen LogP contribution is 2.55. The molecule has 4 aliphatic carbocycles. The molecule has 5 fully saturated rings. The number of hydrogen-bond acceptors (Lipinski definition) is 3. The van der Waals surface area contributed by atoms with Gasteiger partial charge in [0.15, 0.2) is 0 Å². The summed E-state index contributed by atoms with van der Waals surface area (Å²) in [5, 5.41) is 12.4. The number of rotatable bonds is 6. The highest BCUT2D eigenvalue weighted by Gasteiger charge is 2.51. The van der Waals surface area contributed by atoms with Crippen LogP contribution in [0.25, 0.3) is 0 Å². The first kappa shape index (κ1) is 18.3. The van der Waals surface area contributed by atoms with Crippen LogP contribution in [-0.4, -0.2) is 46.6 Å². The van der Waals surface area contributed by atoms with E-state index in [4.69, 9.17) is 5.11 Å². The fraction of sp³-hybridized carbons (Fsp3) is 0.905. The predicted molar refractivity (Wildman–Crippen MR) is 99.7 cm³/mol. The molecule has 4 saturated carbocycles. The Morgan fingerprint density at radius 2 is 1.77 bits per heavy atom. The largest absolute Gasteiger partial charge is 0.481 e. The Morgan fingerprint density at radius 1 is 1.15 bits per heavy atom. The summed E-state index contributed by atoms with van der Waals surface area (Å²) in [5.74, 6) is 2.42. The molecule has 4 bridgehead atoms. The first-order chi connectivity index (χ1) is 12.4. The van der Waals surface area contributed by atoms with Crippen LogP contribution < -0.4 is 5.32 Å². The van der Waals surface area contributed by atoms with E-state index in [1.165, 1.54) is 38.5 Å². The first-order valence-electron chi connectivity index (χ1n) is 10.7. The average Bonchev–Trinajstić information content (AvgIpc) is 2.58. The number of likely N-dealkylation sites (tertiary alicyclic amines) is 1. The lowest BCUT2D eigenvalue weighted by Crippen LogP contribution is -2.62. The molecule has 2 atom stereocenters. The van der Waals surface area contributed by atoms with Crippen molar-refractivity contribution >= 4 is 11.9 Å². The van der Waals surface area contributed by atoms with Crippen LogP contribution in [0.2, 0.25) is 0 Å². The van der Waals surface area contributed by atoms with Gasteiger partial charge < -0.3 is 10.4 Å². The van der Waals surface area contributed by atoms with E-state index in [2.05, 4.69) is 10.2 Å². The second-order valence-electron chi connectivity index (χ2n) is 9.80. The maximum Gasteiger partial charge on any atom is 0.303 e. The van der Waals surface area contributed by atoms with Gasteiger partial charge in [0.05, 0.1) is 6.04 Å². The van der Waals surface area contributed by atoms with Gasteiger partial charge >= 0.3 is 5.97 Å². The second kappa shape index (κ2) is 7.14. The van der Waals surface area contributed by atoms with Crippen LogP contribution >= 0.6 is 0 Å². The molecule has 26 heavy (non-hydrogen) atoms. The summed E-state index contributed by atoms with van der Waals surface area (Å²) in [6, 6.07) is -0.101. The van der Waals surface area contributed by atoms with Gasteiger partial charge in [0.25, 0.3) is 0 Å². The lowest BCUT2D eigenvalue weighted by molar-refractivity contribution is -0.138. The molecule has 5 rings (SSSR count). The number of carbonyl (C=O) groups is 2. The Bertz CT molecular complexity index is 526. The van der Waals surface area contributed by atoms with Gasteiger partial charge in [0, 0.05) is 18.5 Å². The van der Waals surface area contributed by atoms with E-state index in [0.29, 0.717) is 5.92 Å². The van der Waals surface area contributed by atoms with Crippen LogP contribution in [0, 0.1) is 23.7 Å². The van der Waals surface area contributed by atoms with Gasteiger partial charge in [-0.25, -0.2) is 0 Å². The van der Waals surface area contributed by atoms with Crippen molar-refractivity contribution in [3.63, 3.8) is 0 Å². The van der Waals surface area contributed by atoms with Gasteiger partial charge in [-0.05, 0) is 94.9 Å². The molecule has 5 nitrogen and oxygen atoms in total. The number of carboxylic acid groups (broad SMARTS) is 1. The number of nitrogens with zero attached hydrogens (tertiary/aromatic N) is 1. The fourth-order valence-electron chi connectivity index (χ4n) is 6.81. The Kier molecular flexibility index (Phi) is 5.02. The van der Waals surface area contributed by atoms with Gasteiger partial charge in [0.2, 0.25) is 5.91 Å². The Hall–Kier alpha value is -1.10. The number of amides is 1. The zero-order chi connectivity index (χ0) is 18.3. The molecule has 146 valence electrons. The van der Waals surface area contributed by atoms with Crippen LogP contribution in [0.3, 0.4) is 0 Å². The molecule has 0 aromatic carbocycles. The molecule has 5 aliphatic rings. The minimum Gasteiger partial charge on any atom is -0.481 e. The summed E-state index contributed by atoms with van der Waals surface area (Å²) in [6.45, 7) is 3.86. The molecule has 0 aromatic rings. The molecule has 0 radical (unpaired) electrons. The summed E-state index contributed by atoms with van der Waals surface area (Å²) < 4.78 is 0. The third kappa shape index (κ3) is 3.78. The van der Waals surface area contributed by atoms with Crippen LogP contribution in [0.5, 0.6) is 0 Å². The van der Waals surface area contributed by atoms with Gasteiger partial charge in [-0.3, -0.25) is 14.5 Å². The first-order valence-corrected chi connectivity index (χ1v) is 10.7. The number of piperidine rings is 1. The van der Waals surface area contributed by atoms with Gasteiger partial charge in [-0.1, -0.05) is 0 Å². The van der Waals surface area contributed by atoms with E-state index in [0.717, 1.165) is 50.1 Å². The Labute approximate surface area is 156 Å². The minimum atomic E-state index is -0.713. The number of carboxylic acids is 1. The number of carbonyl (C=O) groups excluding carboxylic acids is 1. The van der Waals surface area contributed by atoms with E-state index in [9.17, 15) is 9.59 Å². The van der Waals surface area contributed by atoms with Crippen molar-refractivity contribution in [3.8, 4) is 0 Å². The molecular formula is C21H34N2O3. The van der Waals surface area contributed by atoms with Crippen LogP contribution in [0.4, 0.5) is 0 Å². The van der Waals surface area contributed by atoms with E-state index < -0.39 is 5.97 Å². The van der Waals surface area contributed by atoms with Crippen molar-refractivity contribution in [1.82, 2.24) is 10.2 Å². The van der Waals surface area contributed by atoms with E-state index in [1.807, 2.05) is 6.92 Å². The molecule has 1 aliphatic heterocycles. The lowest BCUT2D eigenvalue weighted by Gasteiger charge is -2.57. The average molecular weight is 363 g/mol. The highest BCUT2D eigenvalue weighted by molar-refractivity contribution is 5.82. The van der Waals surface area contributed by atoms with Crippen LogP contribution in [0.1, 0.15) is 71.1 Å². The van der Waals surface area contributed by atoms with Crippen molar-refractivity contribution in [2.45, 2.75) is 82.7 Å². The third-order valence-corrected chi connectivity index (χ3v) is 7.67. The standard InChI is InChI=1S/C21H34N2O3/c1-14(23-6-2-3-15(13-23)4-5-19(24)25)20(26)22-21-10-16-7-17(11-21)9-18(8-16)12-21/h14-18H,2-13H2,1H3,(H,22,26)(H,24,25). The summed E-state index contributed by atoms with van der Waals surface area (Å²) in [5.41, 5.74) is 0.0819. The van der Waals surface area contributed by atoms with Crippen molar-refractivity contribution in [2.75, 3.05) is 13.1 Å². The molecule has 0 aromatic heterocycles. The van der Waals surface area contributed by atoms with Gasteiger partial charge in [0.1, 0.15) is 0 Å². The van der Waals surface area contributed by atoms with Crippen molar-refractivity contribution in [3.05, 3.63) is 0 Å². The van der Waals surface area contributed by atoms with Crippen LogP contribution in [0.15, 0.2) is 0 Å². The van der Waals surface area contributed by atoms with Crippen molar-refractivity contribution in [2.24, 2.45) is 23.7 Å². The second-order valence-corrected chi connectivity index (χ2v) is 9.80. The molecule has 1 heterocycles. The summed E-state index contributed by atoms with van der Waals surface area (Å²) in [6.07, 6.45) is 10.9. The lowest BCUT2D eigenvalue weighted by atomic mass is 9.53. The molecule has 2 N–H and O–H groups in total. The predicted octanol–water partition coefficient (Wildman–Crippen LogP) is 3.04. The Morgan fingerprint density at radius 3 is 2.35 bits per heavy atom. The normalized spacial score (nSPS) is 40.3. The van der Waals surface area contributed by atoms with E-state index >= 15 is 0 Å². The number of aliphatic carboxylic acids is 1. The van der Waals surface area contributed by atoms with E-state index in [-0.39, 0.29) is 23.9 Å². The highest BCUT2D eigenvalue weighted by atomic mass is 16.4. The molecule has 0 spiro atoms. The molecule has 2 unspecified atom stereocenters. The number of hydrogen-bond donors (Lipinski definition) is 2. The number of nitrogens with one attached hydrogen (secondary N) is 1. The molecule has 1 amide bonds. The quantitative estimate of drug-likeness (QED) is 0.762. The van der Waals surface area contributed by atoms with E-state index in [1.54, 1.807) is 0 Å². The van der Waals surface area contributed by atoms with Gasteiger partial charge in [-0.15, -0.1) is 0 Å². The smallest absolute Gasteiger partial charge is 0.303 e. The fourth-order valence-corrected chi connectivity index (χ4v) is 6.81. The maximum absolute atomic E-state index is 13.1. The SMILES string of the molecule is CC(C(=O)NC12CC3CC(CC(C3)C1)C2)N1CCCC(CCC(=O)O)C1. The molecule has 5 heteroatoms. The summed E-state index contributed by atoms with van der Waals surface area (Å²) >= 11 is 0.